The number of hydrogen-bond acceptors (Lipinski definition) is 4. The number of carbonyl (C=O) groups is 4. The van der Waals surface area contributed by atoms with Crippen molar-refractivity contribution in [2.24, 2.45) is 5.92 Å². The number of amides is 4. The van der Waals surface area contributed by atoms with E-state index in [1.54, 1.807) is 6.07 Å². The first-order valence-electron chi connectivity index (χ1n) is 10.9. The summed E-state index contributed by atoms with van der Waals surface area (Å²) in [5.74, 6) is -3.15. The highest BCUT2D eigenvalue weighted by Gasteiger charge is 2.40. The quantitative estimate of drug-likeness (QED) is 0.681. The van der Waals surface area contributed by atoms with Crippen LogP contribution in [0.1, 0.15) is 63.6 Å². The van der Waals surface area contributed by atoms with Gasteiger partial charge >= 0.3 is 0 Å². The second-order valence-corrected chi connectivity index (χ2v) is 8.70. The second-order valence-electron chi connectivity index (χ2n) is 8.70. The summed E-state index contributed by atoms with van der Waals surface area (Å²) in [5.41, 5.74) is 1.08. The SMILES string of the molecule is O=C1CCC(N2Cc3cc(C(=O)N[C@H](c4c(F)cccc4F)C4CC4)ccc3C2=O)C(=O)N1. The molecule has 0 radical (unpaired) electrons. The molecule has 1 unspecified atom stereocenters. The zero-order valence-electron chi connectivity index (χ0n) is 17.6. The molecule has 2 N–H and O–H groups in total. The fraction of sp³-hybridized carbons (Fsp3) is 0.333. The summed E-state index contributed by atoms with van der Waals surface area (Å²) in [5, 5.41) is 5.01. The highest BCUT2D eigenvalue weighted by atomic mass is 19.1. The Balaban J connectivity index is 1.36. The lowest BCUT2D eigenvalue weighted by atomic mass is 9.99. The Morgan fingerprint density at radius 2 is 1.79 bits per heavy atom. The van der Waals surface area contributed by atoms with Crippen molar-refractivity contribution in [1.29, 1.82) is 0 Å². The van der Waals surface area contributed by atoms with Crippen LogP contribution in [0.3, 0.4) is 0 Å². The topological polar surface area (TPSA) is 95.6 Å². The zero-order chi connectivity index (χ0) is 23.3. The molecular weight excluding hydrogens is 432 g/mol. The summed E-state index contributed by atoms with van der Waals surface area (Å²) in [7, 11) is 0. The number of piperidine rings is 1. The van der Waals surface area contributed by atoms with E-state index in [4.69, 9.17) is 0 Å². The van der Waals surface area contributed by atoms with Crippen LogP contribution in [0, 0.1) is 17.6 Å². The molecule has 2 aromatic rings. The first kappa shape index (κ1) is 21.2. The number of halogens is 2. The van der Waals surface area contributed by atoms with Crippen LogP contribution in [0.25, 0.3) is 0 Å². The van der Waals surface area contributed by atoms with E-state index in [0.29, 0.717) is 11.1 Å². The van der Waals surface area contributed by atoms with Gasteiger partial charge in [0.2, 0.25) is 11.8 Å². The van der Waals surface area contributed by atoms with Crippen molar-refractivity contribution in [1.82, 2.24) is 15.5 Å². The van der Waals surface area contributed by atoms with Crippen LogP contribution in [0.4, 0.5) is 8.78 Å². The minimum Gasteiger partial charge on any atom is -0.345 e. The van der Waals surface area contributed by atoms with E-state index in [-0.39, 0.29) is 48.2 Å². The fourth-order valence-corrected chi connectivity index (χ4v) is 4.60. The van der Waals surface area contributed by atoms with Crippen LogP contribution in [-0.2, 0) is 16.1 Å². The predicted molar refractivity (Wildman–Crippen MR) is 112 cm³/mol. The lowest BCUT2D eigenvalue weighted by molar-refractivity contribution is -0.136. The van der Waals surface area contributed by atoms with Gasteiger partial charge in [-0.2, -0.15) is 0 Å². The Morgan fingerprint density at radius 3 is 2.45 bits per heavy atom. The summed E-state index contributed by atoms with van der Waals surface area (Å²) in [6.07, 6.45) is 1.92. The van der Waals surface area contributed by atoms with E-state index < -0.39 is 35.5 Å². The Morgan fingerprint density at radius 1 is 1.06 bits per heavy atom. The van der Waals surface area contributed by atoms with Crippen LogP contribution in [0.15, 0.2) is 36.4 Å². The summed E-state index contributed by atoms with van der Waals surface area (Å²) in [4.78, 5) is 50.8. The predicted octanol–water partition coefficient (Wildman–Crippen LogP) is 2.61. The number of carbonyl (C=O) groups excluding carboxylic acids is 4. The molecule has 1 saturated carbocycles. The first-order valence-corrected chi connectivity index (χ1v) is 10.9. The van der Waals surface area contributed by atoms with Gasteiger partial charge < -0.3 is 10.2 Å². The van der Waals surface area contributed by atoms with Gasteiger partial charge in [-0.15, -0.1) is 0 Å². The summed E-state index contributed by atoms with van der Waals surface area (Å²) < 4.78 is 28.7. The van der Waals surface area contributed by atoms with Gasteiger partial charge in [-0.05, 0) is 61.1 Å². The van der Waals surface area contributed by atoms with Crippen molar-refractivity contribution in [3.05, 3.63) is 70.3 Å². The lowest BCUT2D eigenvalue weighted by Crippen LogP contribution is -2.52. The summed E-state index contributed by atoms with van der Waals surface area (Å²) >= 11 is 0. The molecule has 2 fully saturated rings. The third-order valence-corrected chi connectivity index (χ3v) is 6.48. The molecule has 33 heavy (non-hydrogen) atoms. The van der Waals surface area contributed by atoms with Gasteiger partial charge in [0.05, 0.1) is 6.04 Å². The van der Waals surface area contributed by atoms with Crippen molar-refractivity contribution in [2.75, 3.05) is 0 Å². The van der Waals surface area contributed by atoms with E-state index in [9.17, 15) is 28.0 Å². The zero-order valence-corrected chi connectivity index (χ0v) is 17.6. The molecule has 2 aromatic carbocycles. The molecular formula is C24H21F2N3O4. The summed E-state index contributed by atoms with van der Waals surface area (Å²) in [6.45, 7) is 0.134. The number of hydrogen-bond donors (Lipinski definition) is 2. The average Bonchev–Trinajstić information content (AvgIpc) is 3.57. The number of rotatable bonds is 5. The van der Waals surface area contributed by atoms with E-state index in [0.717, 1.165) is 12.8 Å². The maximum Gasteiger partial charge on any atom is 0.255 e. The molecule has 3 aliphatic rings. The van der Waals surface area contributed by atoms with Crippen LogP contribution >= 0.6 is 0 Å². The van der Waals surface area contributed by atoms with E-state index >= 15 is 0 Å². The minimum atomic E-state index is -0.784. The molecule has 4 amide bonds. The monoisotopic (exact) mass is 453 g/mol. The Kier molecular flexibility index (Phi) is 5.19. The second kappa shape index (κ2) is 8.06. The van der Waals surface area contributed by atoms with Crippen molar-refractivity contribution >= 4 is 23.6 Å². The van der Waals surface area contributed by atoms with Crippen LogP contribution in [0.5, 0.6) is 0 Å². The largest absolute Gasteiger partial charge is 0.345 e. The third kappa shape index (κ3) is 3.88. The molecule has 7 nitrogen and oxygen atoms in total. The normalized spacial score (nSPS) is 21.0. The number of nitrogens with zero attached hydrogens (tertiary/aromatic N) is 1. The maximum atomic E-state index is 14.4. The van der Waals surface area contributed by atoms with Gasteiger partial charge in [-0.25, -0.2) is 8.78 Å². The molecule has 0 bridgehead atoms. The van der Waals surface area contributed by atoms with Crippen molar-refractivity contribution in [2.45, 2.75) is 44.3 Å². The van der Waals surface area contributed by atoms with Gasteiger partial charge in [0, 0.05) is 29.7 Å². The lowest BCUT2D eigenvalue weighted by Gasteiger charge is -2.29. The van der Waals surface area contributed by atoms with Crippen molar-refractivity contribution in [3.8, 4) is 0 Å². The van der Waals surface area contributed by atoms with E-state index in [1.807, 2.05) is 0 Å². The molecule has 1 aliphatic carbocycles. The van der Waals surface area contributed by atoms with Crippen LogP contribution < -0.4 is 10.6 Å². The molecule has 2 atom stereocenters. The molecule has 0 aromatic heterocycles. The number of imide groups is 1. The summed E-state index contributed by atoms with van der Waals surface area (Å²) in [6, 6.07) is 6.67. The molecule has 0 spiro atoms. The Hall–Kier alpha value is -3.62. The Bertz CT molecular complexity index is 1170. The average molecular weight is 453 g/mol. The minimum absolute atomic E-state index is 0.0422. The van der Waals surface area contributed by atoms with Crippen molar-refractivity contribution in [3.63, 3.8) is 0 Å². The van der Waals surface area contributed by atoms with E-state index in [2.05, 4.69) is 10.6 Å². The van der Waals surface area contributed by atoms with Gasteiger partial charge in [0.15, 0.2) is 0 Å². The number of benzene rings is 2. The molecule has 9 heteroatoms. The molecule has 1 saturated heterocycles. The maximum absolute atomic E-state index is 14.4. The standard InChI is InChI=1S/C24H21F2N3O4/c25-16-2-1-3-17(26)20(16)21(12-4-5-12)28-22(31)13-6-7-15-14(10-13)11-29(24(15)33)18-8-9-19(30)27-23(18)32/h1-3,6-7,10,12,18,21H,4-5,8-9,11H2,(H,28,31)(H,27,30,32)/t18?,21-/m0/s1. The van der Waals surface area contributed by atoms with Gasteiger partial charge in [-0.3, -0.25) is 24.5 Å². The first-order chi connectivity index (χ1) is 15.8. The van der Waals surface area contributed by atoms with Gasteiger partial charge in [-0.1, -0.05) is 6.07 Å². The highest BCUT2D eigenvalue weighted by molar-refractivity contribution is 6.06. The highest BCUT2D eigenvalue weighted by Crippen LogP contribution is 2.42. The van der Waals surface area contributed by atoms with Crippen LogP contribution in [0.2, 0.25) is 0 Å². The van der Waals surface area contributed by atoms with Gasteiger partial charge in [0.25, 0.3) is 11.8 Å². The molecule has 170 valence electrons. The van der Waals surface area contributed by atoms with E-state index in [1.165, 1.54) is 35.2 Å². The molecule has 2 aliphatic heterocycles. The Labute approximate surface area is 188 Å². The number of nitrogens with one attached hydrogen (secondary N) is 2. The smallest absolute Gasteiger partial charge is 0.255 e. The molecule has 2 heterocycles. The van der Waals surface area contributed by atoms with Crippen molar-refractivity contribution < 1.29 is 28.0 Å². The molecule has 5 rings (SSSR count). The van der Waals surface area contributed by atoms with Gasteiger partial charge in [0.1, 0.15) is 17.7 Å². The fourth-order valence-electron chi connectivity index (χ4n) is 4.60. The third-order valence-electron chi connectivity index (χ3n) is 6.48. The van der Waals surface area contributed by atoms with Crippen LogP contribution in [-0.4, -0.2) is 34.6 Å². The number of fused-ring (bicyclic) bond motifs is 1.